The molecule has 0 fully saturated rings. The molecule has 2 amide bonds. The van der Waals surface area contributed by atoms with E-state index in [1.807, 2.05) is 0 Å². The molecule has 2 aromatic carbocycles. The van der Waals surface area contributed by atoms with E-state index in [9.17, 15) is 22.8 Å². The van der Waals surface area contributed by atoms with Gasteiger partial charge in [0.15, 0.2) is 0 Å². The van der Waals surface area contributed by atoms with Crippen LogP contribution in [0.2, 0.25) is 10.0 Å². The lowest BCUT2D eigenvalue weighted by Crippen LogP contribution is -2.45. The molecule has 1 heterocycles. The molecular formula is C19H16Cl2N2O6S2. The number of halogens is 2. The largest absolute Gasteiger partial charge is 0.351 e. The molecule has 0 aromatic heterocycles. The van der Waals surface area contributed by atoms with Gasteiger partial charge < -0.3 is 4.84 Å². The van der Waals surface area contributed by atoms with Gasteiger partial charge in [-0.3, -0.25) is 9.59 Å². The Morgan fingerprint density at radius 1 is 1.10 bits per heavy atom. The summed E-state index contributed by atoms with van der Waals surface area (Å²) in [6.45, 7) is 0. The van der Waals surface area contributed by atoms with Crippen molar-refractivity contribution in [2.75, 3.05) is 12.0 Å². The van der Waals surface area contributed by atoms with Crippen molar-refractivity contribution >= 4 is 62.8 Å². The molecule has 1 unspecified atom stereocenters. The molecular weight excluding hydrogens is 487 g/mol. The summed E-state index contributed by atoms with van der Waals surface area (Å²) in [4.78, 5) is 42.4. The van der Waals surface area contributed by atoms with Crippen molar-refractivity contribution in [2.24, 2.45) is 0 Å². The third-order valence-corrected chi connectivity index (χ3v) is 7.18. The Hall–Kier alpha value is -2.11. The first-order chi connectivity index (χ1) is 14.7. The third kappa shape index (κ3) is 5.04. The number of thioether (sulfide) groups is 1. The zero-order chi connectivity index (χ0) is 22.8. The number of nitrogens with one attached hydrogen (secondary N) is 1. The molecule has 164 valence electrons. The Morgan fingerprint density at radius 3 is 2.26 bits per heavy atom. The highest BCUT2D eigenvalue weighted by molar-refractivity contribution is 7.98. The summed E-state index contributed by atoms with van der Waals surface area (Å²) in [7, 11) is -4.18. The SMILES string of the molecule is CSCCC(NS(=O)(=O)c1ccc(Cl)c(Cl)c1)C(=O)ON1C(=O)c2ccccc2C1=O. The van der Waals surface area contributed by atoms with Gasteiger partial charge >= 0.3 is 5.97 Å². The van der Waals surface area contributed by atoms with E-state index in [1.165, 1.54) is 36.0 Å². The van der Waals surface area contributed by atoms with Gasteiger partial charge in [0.25, 0.3) is 11.8 Å². The second-order valence-corrected chi connectivity index (χ2v) is 9.91. The lowest BCUT2D eigenvalue weighted by Gasteiger charge is -2.20. The van der Waals surface area contributed by atoms with Crippen LogP contribution >= 0.6 is 35.0 Å². The van der Waals surface area contributed by atoms with Crippen molar-refractivity contribution in [3.05, 3.63) is 63.6 Å². The van der Waals surface area contributed by atoms with Crippen LogP contribution in [0.1, 0.15) is 27.1 Å². The van der Waals surface area contributed by atoms with Crippen LogP contribution in [0.3, 0.4) is 0 Å². The van der Waals surface area contributed by atoms with Gasteiger partial charge in [0.05, 0.1) is 26.1 Å². The number of hydrogen-bond donors (Lipinski definition) is 1. The molecule has 1 aliphatic rings. The van der Waals surface area contributed by atoms with Crippen LogP contribution in [-0.2, 0) is 19.7 Å². The van der Waals surface area contributed by atoms with Gasteiger partial charge in [-0.2, -0.15) is 16.5 Å². The number of carbonyl (C=O) groups is 3. The minimum Gasteiger partial charge on any atom is -0.328 e. The zero-order valence-corrected chi connectivity index (χ0v) is 19.1. The lowest BCUT2D eigenvalue weighted by molar-refractivity contribution is -0.170. The first-order valence-corrected chi connectivity index (χ1v) is 12.4. The number of sulfonamides is 1. The number of benzene rings is 2. The number of amides is 2. The van der Waals surface area contributed by atoms with Crippen molar-refractivity contribution in [3.8, 4) is 0 Å². The van der Waals surface area contributed by atoms with Gasteiger partial charge in [-0.25, -0.2) is 13.2 Å². The quantitative estimate of drug-likeness (QED) is 0.551. The van der Waals surface area contributed by atoms with E-state index in [-0.39, 0.29) is 32.5 Å². The molecule has 3 rings (SSSR count). The van der Waals surface area contributed by atoms with Crippen LogP contribution in [0.5, 0.6) is 0 Å². The summed E-state index contributed by atoms with van der Waals surface area (Å²) in [6.07, 6.45) is 1.84. The second-order valence-electron chi connectivity index (χ2n) is 6.39. The van der Waals surface area contributed by atoms with Crippen molar-refractivity contribution in [1.82, 2.24) is 9.79 Å². The molecule has 0 saturated heterocycles. The Kier molecular flexibility index (Phi) is 7.28. The number of imide groups is 1. The predicted molar refractivity (Wildman–Crippen MR) is 117 cm³/mol. The maximum atomic E-state index is 12.7. The van der Waals surface area contributed by atoms with E-state index >= 15 is 0 Å². The van der Waals surface area contributed by atoms with Gasteiger partial charge in [-0.15, -0.1) is 0 Å². The van der Waals surface area contributed by atoms with Crippen LogP contribution in [0.15, 0.2) is 47.4 Å². The van der Waals surface area contributed by atoms with Crippen LogP contribution in [-0.4, -0.2) is 49.3 Å². The topological polar surface area (TPSA) is 110 Å². The van der Waals surface area contributed by atoms with Crippen molar-refractivity contribution in [2.45, 2.75) is 17.4 Å². The van der Waals surface area contributed by atoms with Crippen LogP contribution < -0.4 is 4.72 Å². The molecule has 0 bridgehead atoms. The fourth-order valence-corrected chi connectivity index (χ4v) is 4.84. The van der Waals surface area contributed by atoms with E-state index in [2.05, 4.69) is 4.72 Å². The highest BCUT2D eigenvalue weighted by Crippen LogP contribution is 2.26. The van der Waals surface area contributed by atoms with Crippen molar-refractivity contribution in [1.29, 1.82) is 0 Å². The molecule has 12 heteroatoms. The van der Waals surface area contributed by atoms with Crippen LogP contribution in [0, 0.1) is 0 Å². The monoisotopic (exact) mass is 502 g/mol. The molecule has 31 heavy (non-hydrogen) atoms. The molecule has 8 nitrogen and oxygen atoms in total. The highest BCUT2D eigenvalue weighted by Gasteiger charge is 2.40. The number of rotatable bonds is 8. The van der Waals surface area contributed by atoms with Gasteiger partial charge in [-0.05, 0) is 48.8 Å². The molecule has 0 aliphatic carbocycles. The van der Waals surface area contributed by atoms with Gasteiger partial charge in [0.1, 0.15) is 6.04 Å². The van der Waals surface area contributed by atoms with Crippen molar-refractivity contribution in [3.63, 3.8) is 0 Å². The van der Waals surface area contributed by atoms with E-state index in [0.717, 1.165) is 6.07 Å². The maximum absolute atomic E-state index is 12.7. The summed E-state index contributed by atoms with van der Waals surface area (Å²) < 4.78 is 27.7. The first-order valence-electron chi connectivity index (χ1n) is 8.81. The van der Waals surface area contributed by atoms with Crippen molar-refractivity contribution < 1.29 is 27.6 Å². The minimum atomic E-state index is -4.18. The fourth-order valence-electron chi connectivity index (χ4n) is 2.76. The molecule has 1 N–H and O–H groups in total. The van der Waals surface area contributed by atoms with Crippen LogP contribution in [0.25, 0.3) is 0 Å². The van der Waals surface area contributed by atoms with E-state index in [0.29, 0.717) is 10.8 Å². The van der Waals surface area contributed by atoms with Gasteiger partial charge in [0.2, 0.25) is 10.0 Å². The predicted octanol–water partition coefficient (Wildman–Crippen LogP) is 3.15. The minimum absolute atomic E-state index is 0.0267. The maximum Gasteiger partial charge on any atom is 0.351 e. The number of nitrogens with zero attached hydrogens (tertiary/aromatic N) is 1. The number of hydroxylamine groups is 2. The molecule has 0 saturated carbocycles. The number of carbonyl (C=O) groups excluding carboxylic acids is 3. The first kappa shape index (κ1) is 23.6. The Labute approximate surface area is 192 Å². The normalized spacial score (nSPS) is 14.5. The van der Waals surface area contributed by atoms with Crippen LogP contribution in [0.4, 0.5) is 0 Å². The molecule has 0 spiro atoms. The molecule has 1 aliphatic heterocycles. The standard InChI is InChI=1S/C19H16Cl2N2O6S2/c1-30-9-8-16(22-31(27,28)11-6-7-14(20)15(21)10-11)19(26)29-23-17(24)12-4-2-3-5-13(12)18(23)25/h2-7,10,16,22H,8-9H2,1H3. The second kappa shape index (κ2) is 9.58. The number of hydrogen-bond acceptors (Lipinski definition) is 7. The fraction of sp³-hybridized carbons (Fsp3) is 0.211. The Bertz CT molecular complexity index is 1120. The van der Waals surface area contributed by atoms with Gasteiger partial charge in [-0.1, -0.05) is 40.4 Å². The smallest absolute Gasteiger partial charge is 0.328 e. The third-order valence-electron chi connectivity index (χ3n) is 4.33. The molecule has 1 atom stereocenters. The highest BCUT2D eigenvalue weighted by atomic mass is 35.5. The van der Waals surface area contributed by atoms with Gasteiger partial charge in [0, 0.05) is 0 Å². The van der Waals surface area contributed by atoms with E-state index < -0.39 is 33.8 Å². The summed E-state index contributed by atoms with van der Waals surface area (Å²) in [5.41, 5.74) is 0.190. The summed E-state index contributed by atoms with van der Waals surface area (Å²) >= 11 is 13.1. The van der Waals surface area contributed by atoms with E-state index in [4.69, 9.17) is 28.0 Å². The summed E-state index contributed by atoms with van der Waals surface area (Å²) in [5, 5.41) is 0.537. The Morgan fingerprint density at radius 2 is 1.71 bits per heavy atom. The summed E-state index contributed by atoms with van der Waals surface area (Å²) in [5.74, 6) is -2.28. The Balaban J connectivity index is 1.80. The summed E-state index contributed by atoms with van der Waals surface area (Å²) in [6, 6.07) is 8.35. The van der Waals surface area contributed by atoms with E-state index in [1.54, 1.807) is 18.4 Å². The zero-order valence-electron chi connectivity index (χ0n) is 16.0. The average molecular weight is 503 g/mol. The lowest BCUT2D eigenvalue weighted by atomic mass is 10.1. The molecule has 2 aromatic rings. The molecule has 0 radical (unpaired) electrons. The average Bonchev–Trinajstić information content (AvgIpc) is 2.98. The number of fused-ring (bicyclic) bond motifs is 1.